The van der Waals surface area contributed by atoms with Gasteiger partial charge in [-0.2, -0.15) is 0 Å². The molecule has 0 spiro atoms. The maximum Gasteiger partial charge on any atom is 0.220 e. The molecule has 0 bridgehead atoms. The number of rotatable bonds is 1. The number of pyridine rings is 1. The Kier molecular flexibility index (Phi) is 2.10. The lowest BCUT2D eigenvalue weighted by Gasteiger charge is -2.11. The molecule has 1 unspecified atom stereocenters. The van der Waals surface area contributed by atoms with Crippen molar-refractivity contribution >= 4 is 16.7 Å². The molecule has 1 aliphatic heterocycles. The van der Waals surface area contributed by atoms with Gasteiger partial charge in [-0.05, 0) is 11.8 Å². The Labute approximate surface area is 93.5 Å². The Bertz CT molecular complexity index is 545. The summed E-state index contributed by atoms with van der Waals surface area (Å²) in [4.78, 5) is 15.6. The standard InChI is InChI=1S/C13H11N2O/c16-12-6-5-11(15-12)13-10-4-2-1-3-9(10)7-8-14-13/h1-4,8,11H,5-6H2,(H,15,16). The molecule has 2 heterocycles. The highest BCUT2D eigenvalue weighted by atomic mass is 16.1. The molecule has 1 N–H and O–H groups in total. The summed E-state index contributed by atoms with van der Waals surface area (Å²) >= 11 is 0. The number of nitrogens with one attached hydrogen (secondary N) is 1. The van der Waals surface area contributed by atoms with Crippen LogP contribution in [-0.4, -0.2) is 10.9 Å². The molecule has 1 aromatic heterocycles. The average molecular weight is 211 g/mol. The summed E-state index contributed by atoms with van der Waals surface area (Å²) in [5.41, 5.74) is 0.959. The van der Waals surface area contributed by atoms with Crippen molar-refractivity contribution in [2.45, 2.75) is 18.9 Å². The highest BCUT2D eigenvalue weighted by Gasteiger charge is 2.24. The zero-order chi connectivity index (χ0) is 11.0. The van der Waals surface area contributed by atoms with Crippen molar-refractivity contribution in [2.24, 2.45) is 0 Å². The van der Waals surface area contributed by atoms with Gasteiger partial charge in [-0.25, -0.2) is 0 Å². The number of fused-ring (bicyclic) bond motifs is 1. The predicted molar refractivity (Wildman–Crippen MR) is 60.7 cm³/mol. The van der Waals surface area contributed by atoms with E-state index in [1.807, 2.05) is 24.3 Å². The van der Waals surface area contributed by atoms with Crippen molar-refractivity contribution in [1.29, 1.82) is 0 Å². The van der Waals surface area contributed by atoms with Crippen molar-refractivity contribution < 1.29 is 4.79 Å². The maximum absolute atomic E-state index is 11.2. The maximum atomic E-state index is 11.2. The molecule has 3 heteroatoms. The van der Waals surface area contributed by atoms with Crippen LogP contribution in [0.15, 0.2) is 30.5 Å². The molecule has 1 fully saturated rings. The molecular formula is C13H11N2O. The largest absolute Gasteiger partial charge is 0.348 e. The Morgan fingerprint density at radius 2 is 2.25 bits per heavy atom. The molecule has 1 saturated heterocycles. The number of aromatic nitrogens is 1. The van der Waals surface area contributed by atoms with Crippen LogP contribution >= 0.6 is 0 Å². The summed E-state index contributed by atoms with van der Waals surface area (Å²) in [5.74, 6) is 0.115. The fraction of sp³-hybridized carbons (Fsp3) is 0.231. The monoisotopic (exact) mass is 211 g/mol. The zero-order valence-electron chi connectivity index (χ0n) is 8.73. The third kappa shape index (κ3) is 1.45. The Hall–Kier alpha value is -1.90. The van der Waals surface area contributed by atoms with E-state index in [0.717, 1.165) is 22.9 Å². The minimum Gasteiger partial charge on any atom is -0.348 e. The van der Waals surface area contributed by atoms with E-state index >= 15 is 0 Å². The van der Waals surface area contributed by atoms with E-state index in [1.54, 1.807) is 6.20 Å². The predicted octanol–water partition coefficient (Wildman–Crippen LogP) is 1.99. The molecule has 3 nitrogen and oxygen atoms in total. The van der Waals surface area contributed by atoms with Gasteiger partial charge in [-0.15, -0.1) is 0 Å². The Morgan fingerprint density at radius 1 is 1.38 bits per heavy atom. The van der Waals surface area contributed by atoms with Gasteiger partial charge in [0.25, 0.3) is 0 Å². The number of benzene rings is 1. The molecule has 0 aliphatic carbocycles. The first-order chi connectivity index (χ1) is 7.84. The smallest absolute Gasteiger partial charge is 0.220 e. The highest BCUT2D eigenvalue weighted by molar-refractivity contribution is 5.86. The number of amides is 1. The van der Waals surface area contributed by atoms with Gasteiger partial charge in [0, 0.05) is 24.1 Å². The fourth-order valence-electron chi connectivity index (χ4n) is 2.17. The molecule has 0 saturated carbocycles. The van der Waals surface area contributed by atoms with E-state index in [2.05, 4.69) is 16.4 Å². The van der Waals surface area contributed by atoms with Crippen molar-refractivity contribution in [1.82, 2.24) is 10.3 Å². The molecule has 1 aromatic carbocycles. The van der Waals surface area contributed by atoms with Crippen molar-refractivity contribution in [3.63, 3.8) is 0 Å². The van der Waals surface area contributed by atoms with E-state index < -0.39 is 0 Å². The highest BCUT2D eigenvalue weighted by Crippen LogP contribution is 2.27. The molecule has 1 radical (unpaired) electrons. The number of carbonyl (C=O) groups is 1. The topological polar surface area (TPSA) is 42.0 Å². The van der Waals surface area contributed by atoms with Gasteiger partial charge in [0.1, 0.15) is 0 Å². The molecule has 1 aliphatic rings. The van der Waals surface area contributed by atoms with Crippen LogP contribution in [0.3, 0.4) is 0 Å². The summed E-state index contributed by atoms with van der Waals surface area (Å²) in [7, 11) is 0. The summed E-state index contributed by atoms with van der Waals surface area (Å²) in [6, 6.07) is 11.2. The lowest BCUT2D eigenvalue weighted by Crippen LogP contribution is -2.19. The van der Waals surface area contributed by atoms with Crippen LogP contribution in [0.2, 0.25) is 0 Å². The van der Waals surface area contributed by atoms with Crippen LogP contribution in [0.4, 0.5) is 0 Å². The second-order valence-electron chi connectivity index (χ2n) is 3.99. The average Bonchev–Trinajstić information content (AvgIpc) is 2.75. The van der Waals surface area contributed by atoms with Crippen LogP contribution in [0, 0.1) is 6.07 Å². The van der Waals surface area contributed by atoms with Crippen LogP contribution in [-0.2, 0) is 4.79 Å². The molecule has 3 rings (SSSR count). The van der Waals surface area contributed by atoms with Gasteiger partial charge in [-0.1, -0.05) is 24.3 Å². The second-order valence-corrected chi connectivity index (χ2v) is 3.99. The van der Waals surface area contributed by atoms with Crippen molar-refractivity contribution in [2.75, 3.05) is 0 Å². The van der Waals surface area contributed by atoms with E-state index in [9.17, 15) is 4.79 Å². The van der Waals surface area contributed by atoms with Gasteiger partial charge in [-0.3, -0.25) is 9.78 Å². The lowest BCUT2D eigenvalue weighted by molar-refractivity contribution is -0.119. The molecule has 16 heavy (non-hydrogen) atoms. The fourth-order valence-corrected chi connectivity index (χ4v) is 2.17. The van der Waals surface area contributed by atoms with E-state index in [0.29, 0.717) is 6.42 Å². The van der Waals surface area contributed by atoms with Crippen LogP contribution in [0.5, 0.6) is 0 Å². The lowest BCUT2D eigenvalue weighted by atomic mass is 10.0. The second kappa shape index (κ2) is 3.59. The minimum atomic E-state index is 0.0620. The Morgan fingerprint density at radius 3 is 3.06 bits per heavy atom. The van der Waals surface area contributed by atoms with Gasteiger partial charge in [0.05, 0.1) is 11.7 Å². The van der Waals surface area contributed by atoms with E-state index in [4.69, 9.17) is 0 Å². The van der Waals surface area contributed by atoms with Crippen LogP contribution in [0.25, 0.3) is 10.8 Å². The molecule has 1 amide bonds. The van der Waals surface area contributed by atoms with E-state index in [1.165, 1.54) is 0 Å². The van der Waals surface area contributed by atoms with Gasteiger partial charge in [0.15, 0.2) is 0 Å². The third-order valence-corrected chi connectivity index (χ3v) is 2.95. The first-order valence-corrected chi connectivity index (χ1v) is 5.39. The molecule has 2 aromatic rings. The normalized spacial score (nSPS) is 20.0. The number of carbonyl (C=O) groups excluding carboxylic acids is 1. The van der Waals surface area contributed by atoms with Gasteiger partial charge in [0.2, 0.25) is 5.91 Å². The molecule has 79 valence electrons. The summed E-state index contributed by atoms with van der Waals surface area (Å²) in [6.07, 6.45) is 3.11. The quantitative estimate of drug-likeness (QED) is 0.783. The SMILES string of the molecule is O=C1CCC(c2nc[c]c3ccccc23)N1. The Balaban J connectivity index is 2.13. The summed E-state index contributed by atoms with van der Waals surface area (Å²) in [5, 5.41) is 5.08. The van der Waals surface area contributed by atoms with Crippen LogP contribution < -0.4 is 5.32 Å². The number of hydrogen-bond donors (Lipinski definition) is 1. The number of hydrogen-bond acceptors (Lipinski definition) is 2. The third-order valence-electron chi connectivity index (χ3n) is 2.95. The van der Waals surface area contributed by atoms with E-state index in [-0.39, 0.29) is 11.9 Å². The summed E-state index contributed by atoms with van der Waals surface area (Å²) < 4.78 is 0. The van der Waals surface area contributed by atoms with Gasteiger partial charge >= 0.3 is 0 Å². The van der Waals surface area contributed by atoms with Crippen LogP contribution in [0.1, 0.15) is 24.6 Å². The zero-order valence-corrected chi connectivity index (χ0v) is 8.73. The first-order valence-electron chi connectivity index (χ1n) is 5.39. The van der Waals surface area contributed by atoms with Gasteiger partial charge < -0.3 is 5.32 Å². The van der Waals surface area contributed by atoms with Crippen molar-refractivity contribution in [3.8, 4) is 0 Å². The summed E-state index contributed by atoms with van der Waals surface area (Å²) in [6.45, 7) is 0. The molecule has 1 atom stereocenters. The minimum absolute atomic E-state index is 0.0620. The molecular weight excluding hydrogens is 200 g/mol. The van der Waals surface area contributed by atoms with Crippen molar-refractivity contribution in [3.05, 3.63) is 42.2 Å². The number of nitrogens with zero attached hydrogens (tertiary/aromatic N) is 1. The first kappa shape index (κ1) is 9.33.